The van der Waals surface area contributed by atoms with Gasteiger partial charge in [-0.05, 0) is 31.5 Å². The Hall–Kier alpha value is -3.09. The number of nitrogens with zero attached hydrogens (tertiary/aromatic N) is 4. The molecule has 0 unspecified atom stereocenters. The summed E-state index contributed by atoms with van der Waals surface area (Å²) in [5.41, 5.74) is -0.785. The zero-order chi connectivity index (χ0) is 18.9. The Bertz CT molecular complexity index is 858. The maximum atomic E-state index is 12.8. The largest absolute Gasteiger partial charge is 0.416 e. The third-order valence-electron chi connectivity index (χ3n) is 4.09. The van der Waals surface area contributed by atoms with E-state index in [9.17, 15) is 18.0 Å². The number of benzene rings is 1. The van der Waals surface area contributed by atoms with Gasteiger partial charge in [0.05, 0.1) is 5.56 Å². The highest BCUT2D eigenvalue weighted by atomic mass is 19.4. The molecule has 1 aliphatic heterocycles. The summed E-state index contributed by atoms with van der Waals surface area (Å²) in [6.45, 7) is 2.24. The molecule has 1 N–H and O–H groups in total. The monoisotopic (exact) mass is 365 g/mol. The number of amides is 1. The van der Waals surface area contributed by atoms with Gasteiger partial charge in [0.15, 0.2) is 6.19 Å². The smallest absolute Gasteiger partial charge is 0.412 e. The Kier molecular flexibility index (Phi) is 4.54. The molecule has 2 heterocycles. The van der Waals surface area contributed by atoms with Crippen LogP contribution in [0.3, 0.4) is 0 Å². The van der Waals surface area contributed by atoms with E-state index in [0.717, 1.165) is 12.1 Å². The lowest BCUT2D eigenvalue weighted by Gasteiger charge is -2.11. The minimum absolute atomic E-state index is 0.00801. The molecule has 1 saturated heterocycles. The molecule has 7 nitrogen and oxygen atoms in total. The van der Waals surface area contributed by atoms with Gasteiger partial charge >= 0.3 is 18.0 Å². The van der Waals surface area contributed by atoms with E-state index in [1.807, 2.05) is 13.1 Å². The van der Waals surface area contributed by atoms with Gasteiger partial charge in [0.25, 0.3) is 0 Å². The van der Waals surface area contributed by atoms with E-state index in [2.05, 4.69) is 15.5 Å². The van der Waals surface area contributed by atoms with Crippen LogP contribution in [0.4, 0.5) is 13.2 Å². The van der Waals surface area contributed by atoms with Crippen molar-refractivity contribution in [3.63, 3.8) is 0 Å². The van der Waals surface area contributed by atoms with E-state index in [-0.39, 0.29) is 29.4 Å². The lowest BCUT2D eigenvalue weighted by atomic mass is 10.1. The average molecular weight is 365 g/mol. The van der Waals surface area contributed by atoms with Gasteiger partial charge in [0.2, 0.25) is 5.89 Å². The molecule has 1 amide bonds. The van der Waals surface area contributed by atoms with E-state index in [1.54, 1.807) is 4.90 Å². The second-order valence-electron chi connectivity index (χ2n) is 6.00. The molecule has 26 heavy (non-hydrogen) atoms. The number of carbonyl (C=O) groups is 1. The molecule has 1 aliphatic rings. The van der Waals surface area contributed by atoms with Crippen molar-refractivity contribution in [2.75, 3.05) is 6.54 Å². The molecular weight excluding hydrogens is 351 g/mol. The third kappa shape index (κ3) is 3.61. The van der Waals surface area contributed by atoms with Gasteiger partial charge in [-0.15, -0.1) is 10.2 Å². The highest BCUT2D eigenvalue weighted by Gasteiger charge is 2.32. The van der Waals surface area contributed by atoms with E-state index in [4.69, 9.17) is 9.68 Å². The molecule has 0 aliphatic carbocycles. The number of hydrogen-bond acceptors (Lipinski definition) is 6. The van der Waals surface area contributed by atoms with Gasteiger partial charge in [0.1, 0.15) is 0 Å². The summed E-state index contributed by atoms with van der Waals surface area (Å²) in [5.74, 6) is -1.16. The fourth-order valence-corrected chi connectivity index (χ4v) is 2.78. The molecule has 0 spiro atoms. The number of nitriles is 1. The normalized spacial score (nSPS) is 20.0. The van der Waals surface area contributed by atoms with Crippen molar-refractivity contribution in [1.82, 2.24) is 20.4 Å². The van der Waals surface area contributed by atoms with Crippen LogP contribution in [0.5, 0.6) is 0 Å². The van der Waals surface area contributed by atoms with Gasteiger partial charge in [-0.25, -0.2) is 0 Å². The second-order valence-corrected chi connectivity index (χ2v) is 6.00. The third-order valence-corrected chi connectivity index (χ3v) is 4.09. The lowest BCUT2D eigenvalue weighted by Crippen LogP contribution is -2.36. The maximum absolute atomic E-state index is 12.8. The van der Waals surface area contributed by atoms with Crippen LogP contribution in [-0.2, 0) is 6.18 Å². The van der Waals surface area contributed by atoms with Crippen LogP contribution < -0.4 is 5.32 Å². The van der Waals surface area contributed by atoms with E-state index >= 15 is 0 Å². The minimum atomic E-state index is -4.50. The van der Waals surface area contributed by atoms with Crippen LogP contribution in [0.1, 0.15) is 29.6 Å². The summed E-state index contributed by atoms with van der Waals surface area (Å²) >= 11 is 0. The van der Waals surface area contributed by atoms with Gasteiger partial charge in [-0.3, -0.25) is 4.79 Å². The van der Waals surface area contributed by atoms with E-state index in [0.29, 0.717) is 13.0 Å². The Morgan fingerprint density at radius 2 is 2.19 bits per heavy atom. The van der Waals surface area contributed by atoms with Gasteiger partial charge in [-0.2, -0.15) is 18.4 Å². The summed E-state index contributed by atoms with van der Waals surface area (Å²) in [6, 6.07) is 4.16. The van der Waals surface area contributed by atoms with Gasteiger partial charge in [0, 0.05) is 24.2 Å². The SMILES string of the molecule is C[C@H]1C[C@@H](NC(=O)c2nnc(-c3cccc(C(F)(F)F)c3)o2)CN1C#N. The first-order chi connectivity index (χ1) is 12.3. The predicted molar refractivity (Wildman–Crippen MR) is 82.4 cm³/mol. The molecule has 3 rings (SSSR count). The number of halogens is 3. The second kappa shape index (κ2) is 6.67. The molecule has 2 aromatic rings. The maximum Gasteiger partial charge on any atom is 0.416 e. The van der Waals surface area contributed by atoms with Crippen LogP contribution in [-0.4, -0.2) is 39.6 Å². The minimum Gasteiger partial charge on any atom is -0.412 e. The summed E-state index contributed by atoms with van der Waals surface area (Å²) < 4.78 is 43.5. The summed E-state index contributed by atoms with van der Waals surface area (Å²) in [6.07, 6.45) is -1.87. The highest BCUT2D eigenvalue weighted by molar-refractivity contribution is 5.90. The standard InChI is InChI=1S/C16H14F3N5O2/c1-9-5-12(7-24(9)8-20)21-13(25)15-23-22-14(26-15)10-3-2-4-11(6-10)16(17,18)19/h2-4,6,9,12H,5,7H2,1H3,(H,21,25)/t9-,12+/m0/s1. The number of aromatic nitrogens is 2. The van der Waals surface area contributed by atoms with Crippen LogP contribution in [0.2, 0.25) is 0 Å². The Labute approximate surface area is 146 Å². The number of nitrogens with one attached hydrogen (secondary N) is 1. The topological polar surface area (TPSA) is 95.1 Å². The Balaban J connectivity index is 1.72. The van der Waals surface area contributed by atoms with E-state index in [1.165, 1.54) is 12.1 Å². The lowest BCUT2D eigenvalue weighted by molar-refractivity contribution is -0.137. The van der Waals surface area contributed by atoms with Crippen molar-refractivity contribution in [3.05, 3.63) is 35.7 Å². The fourth-order valence-electron chi connectivity index (χ4n) is 2.78. The molecule has 0 saturated carbocycles. The molecule has 1 fully saturated rings. The quantitative estimate of drug-likeness (QED) is 0.840. The fraction of sp³-hybridized carbons (Fsp3) is 0.375. The average Bonchev–Trinajstić information content (AvgIpc) is 3.21. The summed E-state index contributed by atoms with van der Waals surface area (Å²) in [7, 11) is 0. The zero-order valence-corrected chi connectivity index (χ0v) is 13.6. The number of alkyl halides is 3. The van der Waals surface area contributed by atoms with Gasteiger partial charge in [-0.1, -0.05) is 6.07 Å². The highest BCUT2D eigenvalue weighted by Crippen LogP contribution is 2.31. The molecular formula is C16H14F3N5O2. The Morgan fingerprint density at radius 1 is 1.42 bits per heavy atom. The molecule has 1 aromatic heterocycles. The van der Waals surface area contributed by atoms with Crippen molar-refractivity contribution in [2.24, 2.45) is 0 Å². The molecule has 0 radical (unpaired) electrons. The molecule has 1 aromatic carbocycles. The van der Waals surface area contributed by atoms with Crippen molar-refractivity contribution < 1.29 is 22.4 Å². The van der Waals surface area contributed by atoms with Crippen molar-refractivity contribution in [1.29, 1.82) is 5.26 Å². The van der Waals surface area contributed by atoms with Crippen LogP contribution in [0, 0.1) is 11.5 Å². The Morgan fingerprint density at radius 3 is 2.85 bits per heavy atom. The van der Waals surface area contributed by atoms with Crippen molar-refractivity contribution in [3.8, 4) is 17.6 Å². The molecule has 136 valence electrons. The first-order valence-electron chi connectivity index (χ1n) is 7.76. The summed E-state index contributed by atoms with van der Waals surface area (Å²) in [5, 5.41) is 18.9. The first-order valence-corrected chi connectivity index (χ1v) is 7.76. The summed E-state index contributed by atoms with van der Waals surface area (Å²) in [4.78, 5) is 13.7. The first kappa shape index (κ1) is 17.7. The number of likely N-dealkylation sites (tertiary alicyclic amines) is 1. The zero-order valence-electron chi connectivity index (χ0n) is 13.6. The van der Waals surface area contributed by atoms with Gasteiger partial charge < -0.3 is 14.6 Å². The van der Waals surface area contributed by atoms with Crippen LogP contribution >= 0.6 is 0 Å². The number of carbonyl (C=O) groups excluding carboxylic acids is 1. The van der Waals surface area contributed by atoms with Crippen molar-refractivity contribution in [2.45, 2.75) is 31.6 Å². The number of hydrogen-bond donors (Lipinski definition) is 1. The molecule has 0 bridgehead atoms. The van der Waals surface area contributed by atoms with Crippen LogP contribution in [0.15, 0.2) is 28.7 Å². The predicted octanol–water partition coefficient (Wildman–Crippen LogP) is 2.43. The van der Waals surface area contributed by atoms with Crippen LogP contribution in [0.25, 0.3) is 11.5 Å². The number of rotatable bonds is 3. The molecule has 10 heteroatoms. The van der Waals surface area contributed by atoms with Crippen molar-refractivity contribution >= 4 is 5.91 Å². The molecule has 2 atom stereocenters. The van der Waals surface area contributed by atoms with E-state index < -0.39 is 17.6 Å².